The molecule has 0 aliphatic rings. The number of benzene rings is 2. The van der Waals surface area contributed by atoms with Crippen molar-refractivity contribution < 1.29 is 14.7 Å². The predicted molar refractivity (Wildman–Crippen MR) is 101 cm³/mol. The van der Waals surface area contributed by atoms with Crippen molar-refractivity contribution in [2.45, 2.75) is 19.3 Å². The van der Waals surface area contributed by atoms with Gasteiger partial charge in [-0.05, 0) is 28.3 Å². The molecule has 0 spiro atoms. The molecule has 0 fully saturated rings. The summed E-state index contributed by atoms with van der Waals surface area (Å²) in [7, 11) is 0. The Labute approximate surface area is 157 Å². The maximum Gasteiger partial charge on any atom is 0.338 e. The van der Waals surface area contributed by atoms with Crippen LogP contribution in [-0.2, 0) is 17.9 Å². The first-order chi connectivity index (χ1) is 13.1. The van der Waals surface area contributed by atoms with Gasteiger partial charge >= 0.3 is 6.03 Å². The molecule has 2 amide bonds. The monoisotopic (exact) mass is 363 g/mol. The molecule has 1 aromatic heterocycles. The van der Waals surface area contributed by atoms with Gasteiger partial charge in [0.05, 0.1) is 13.2 Å². The van der Waals surface area contributed by atoms with E-state index in [0.29, 0.717) is 11.7 Å². The standard InChI is InChI=1S/C21H21N3O3/c22-21(25)24(26)14-16-6-4-10-19(12-16)20(18-8-2-1-3-9-18)27-15-17-7-5-11-23-13-17/h1-13,20,26H,14-15H2,(H2,22,25). The van der Waals surface area contributed by atoms with Gasteiger partial charge in [0.1, 0.15) is 6.10 Å². The molecule has 1 heterocycles. The zero-order valence-electron chi connectivity index (χ0n) is 14.7. The van der Waals surface area contributed by atoms with Crippen LogP contribution < -0.4 is 5.73 Å². The highest BCUT2D eigenvalue weighted by Gasteiger charge is 2.16. The maximum atomic E-state index is 11.1. The van der Waals surface area contributed by atoms with E-state index in [9.17, 15) is 10.0 Å². The third-order valence-electron chi connectivity index (χ3n) is 4.08. The number of ether oxygens (including phenoxy) is 1. The lowest BCUT2D eigenvalue weighted by Crippen LogP contribution is -2.32. The number of rotatable bonds is 7. The molecular weight excluding hydrogens is 342 g/mol. The second-order valence-electron chi connectivity index (χ2n) is 6.10. The van der Waals surface area contributed by atoms with Gasteiger partial charge in [-0.15, -0.1) is 0 Å². The average Bonchev–Trinajstić information content (AvgIpc) is 2.70. The van der Waals surface area contributed by atoms with E-state index in [-0.39, 0.29) is 12.6 Å². The van der Waals surface area contributed by atoms with E-state index in [0.717, 1.165) is 22.3 Å². The molecule has 3 aromatic rings. The Morgan fingerprint density at radius 3 is 2.48 bits per heavy atom. The molecule has 6 nitrogen and oxygen atoms in total. The van der Waals surface area contributed by atoms with Gasteiger partial charge in [-0.3, -0.25) is 10.2 Å². The fourth-order valence-electron chi connectivity index (χ4n) is 2.78. The van der Waals surface area contributed by atoms with Crippen LogP contribution in [0.5, 0.6) is 0 Å². The first-order valence-corrected chi connectivity index (χ1v) is 8.53. The SMILES string of the molecule is NC(=O)N(O)Cc1cccc(C(OCc2cccnc2)c2ccccc2)c1. The minimum Gasteiger partial charge on any atom is -0.364 e. The van der Waals surface area contributed by atoms with Gasteiger partial charge in [-0.1, -0.05) is 60.7 Å². The summed E-state index contributed by atoms with van der Waals surface area (Å²) in [5, 5.41) is 10.1. The molecule has 0 bridgehead atoms. The van der Waals surface area contributed by atoms with Crippen molar-refractivity contribution in [3.63, 3.8) is 0 Å². The number of aromatic nitrogens is 1. The van der Waals surface area contributed by atoms with Crippen LogP contribution in [-0.4, -0.2) is 21.3 Å². The summed E-state index contributed by atoms with van der Waals surface area (Å²) in [5.41, 5.74) is 8.74. The highest BCUT2D eigenvalue weighted by molar-refractivity contribution is 5.70. The number of nitrogens with zero attached hydrogens (tertiary/aromatic N) is 2. The summed E-state index contributed by atoms with van der Waals surface area (Å²) in [4.78, 5) is 15.2. The number of carbonyl (C=O) groups excluding carboxylic acids is 1. The van der Waals surface area contributed by atoms with Crippen LogP contribution in [0.2, 0.25) is 0 Å². The van der Waals surface area contributed by atoms with Crippen LogP contribution >= 0.6 is 0 Å². The summed E-state index contributed by atoms with van der Waals surface area (Å²) in [6, 6.07) is 20.3. The van der Waals surface area contributed by atoms with Crippen molar-refractivity contribution in [1.82, 2.24) is 10.0 Å². The van der Waals surface area contributed by atoms with Crippen LogP contribution in [0.4, 0.5) is 4.79 Å². The van der Waals surface area contributed by atoms with E-state index >= 15 is 0 Å². The van der Waals surface area contributed by atoms with Crippen LogP contribution in [0.1, 0.15) is 28.4 Å². The maximum absolute atomic E-state index is 11.1. The first kappa shape index (κ1) is 18.6. The molecule has 3 rings (SSSR count). The number of pyridine rings is 1. The zero-order valence-corrected chi connectivity index (χ0v) is 14.7. The summed E-state index contributed by atoms with van der Waals surface area (Å²) in [6.07, 6.45) is 3.20. The smallest absolute Gasteiger partial charge is 0.338 e. The zero-order chi connectivity index (χ0) is 19.1. The molecule has 27 heavy (non-hydrogen) atoms. The highest BCUT2D eigenvalue weighted by atomic mass is 16.5. The second kappa shape index (κ2) is 8.93. The fourth-order valence-corrected chi connectivity index (χ4v) is 2.78. The van der Waals surface area contributed by atoms with E-state index < -0.39 is 6.03 Å². The normalized spacial score (nSPS) is 11.7. The lowest BCUT2D eigenvalue weighted by atomic mass is 9.99. The molecule has 138 valence electrons. The number of amides is 2. The summed E-state index contributed by atoms with van der Waals surface area (Å²) in [5.74, 6) is 0. The Kier molecular flexibility index (Phi) is 6.14. The van der Waals surface area contributed by atoms with E-state index in [1.54, 1.807) is 12.4 Å². The number of nitrogens with two attached hydrogens (primary N) is 1. The van der Waals surface area contributed by atoms with Crippen molar-refractivity contribution in [2.75, 3.05) is 0 Å². The third-order valence-corrected chi connectivity index (χ3v) is 4.08. The van der Waals surface area contributed by atoms with Crippen LogP contribution in [0.25, 0.3) is 0 Å². The number of carbonyl (C=O) groups is 1. The largest absolute Gasteiger partial charge is 0.364 e. The number of hydrogen-bond donors (Lipinski definition) is 2. The number of urea groups is 1. The Morgan fingerprint density at radius 2 is 1.78 bits per heavy atom. The lowest BCUT2D eigenvalue weighted by molar-refractivity contribution is -0.0471. The minimum atomic E-state index is -0.896. The Morgan fingerprint density at radius 1 is 1.04 bits per heavy atom. The minimum absolute atomic E-state index is 0.00723. The molecular formula is C21H21N3O3. The van der Waals surface area contributed by atoms with Gasteiger partial charge in [0.25, 0.3) is 0 Å². The number of hydrogen-bond acceptors (Lipinski definition) is 4. The second-order valence-corrected chi connectivity index (χ2v) is 6.10. The van der Waals surface area contributed by atoms with Gasteiger partial charge in [-0.25, -0.2) is 9.86 Å². The molecule has 1 atom stereocenters. The lowest BCUT2D eigenvalue weighted by Gasteiger charge is -2.20. The molecule has 6 heteroatoms. The molecule has 0 radical (unpaired) electrons. The summed E-state index contributed by atoms with van der Waals surface area (Å²) < 4.78 is 6.20. The molecule has 2 aromatic carbocycles. The van der Waals surface area contributed by atoms with Gasteiger partial charge in [0, 0.05) is 12.4 Å². The van der Waals surface area contributed by atoms with Crippen LogP contribution in [0, 0.1) is 0 Å². The van der Waals surface area contributed by atoms with Crippen molar-refractivity contribution in [2.24, 2.45) is 5.73 Å². The fraction of sp³-hybridized carbons (Fsp3) is 0.143. The van der Waals surface area contributed by atoms with Crippen LogP contribution in [0.3, 0.4) is 0 Å². The molecule has 0 aliphatic heterocycles. The van der Waals surface area contributed by atoms with Gasteiger partial charge < -0.3 is 10.5 Å². The van der Waals surface area contributed by atoms with Crippen LogP contribution in [0.15, 0.2) is 79.1 Å². The summed E-state index contributed by atoms with van der Waals surface area (Å²) in [6.45, 7) is 0.415. The number of hydroxylamine groups is 2. The highest BCUT2D eigenvalue weighted by Crippen LogP contribution is 2.28. The average molecular weight is 363 g/mol. The van der Waals surface area contributed by atoms with E-state index in [2.05, 4.69) is 4.98 Å². The molecule has 0 saturated carbocycles. The first-order valence-electron chi connectivity index (χ1n) is 8.53. The Hall–Kier alpha value is -3.22. The van der Waals surface area contributed by atoms with E-state index in [1.165, 1.54) is 0 Å². The van der Waals surface area contributed by atoms with Gasteiger partial charge in [0.15, 0.2) is 0 Å². The van der Waals surface area contributed by atoms with Crippen molar-refractivity contribution >= 4 is 6.03 Å². The van der Waals surface area contributed by atoms with Gasteiger partial charge in [-0.2, -0.15) is 0 Å². The van der Waals surface area contributed by atoms with Crippen molar-refractivity contribution in [1.29, 1.82) is 0 Å². The molecule has 0 aliphatic carbocycles. The molecule has 0 saturated heterocycles. The van der Waals surface area contributed by atoms with Crippen molar-refractivity contribution in [3.8, 4) is 0 Å². The summed E-state index contributed by atoms with van der Waals surface area (Å²) >= 11 is 0. The Bertz CT molecular complexity index is 872. The third kappa shape index (κ3) is 5.13. The quantitative estimate of drug-likeness (QED) is 0.495. The molecule has 3 N–H and O–H groups in total. The topological polar surface area (TPSA) is 88.7 Å². The van der Waals surface area contributed by atoms with Crippen molar-refractivity contribution in [3.05, 3.63) is 101 Å². The molecule has 1 unspecified atom stereocenters. The Balaban J connectivity index is 1.85. The van der Waals surface area contributed by atoms with E-state index in [4.69, 9.17) is 10.5 Å². The van der Waals surface area contributed by atoms with Gasteiger partial charge in [0.2, 0.25) is 0 Å². The van der Waals surface area contributed by atoms with E-state index in [1.807, 2.05) is 66.7 Å². The number of primary amides is 1. The predicted octanol–water partition coefficient (Wildman–Crippen LogP) is 3.66.